The molecule has 23 heavy (non-hydrogen) atoms. The number of anilines is 2. The lowest BCUT2D eigenvalue weighted by Crippen LogP contribution is -2.21. The normalized spacial score (nSPS) is 18.6. The lowest BCUT2D eigenvalue weighted by Gasteiger charge is -2.29. The highest BCUT2D eigenvalue weighted by molar-refractivity contribution is 5.98. The zero-order valence-corrected chi connectivity index (χ0v) is 14.1. The van der Waals surface area contributed by atoms with Gasteiger partial charge in [0.25, 0.3) is 0 Å². The van der Waals surface area contributed by atoms with Crippen molar-refractivity contribution in [1.29, 1.82) is 0 Å². The second kappa shape index (κ2) is 6.41. The lowest BCUT2D eigenvalue weighted by atomic mass is 9.77. The Morgan fingerprint density at radius 2 is 1.52 bits per heavy atom. The fourth-order valence-electron chi connectivity index (χ4n) is 3.24. The van der Waals surface area contributed by atoms with Gasteiger partial charge in [-0.1, -0.05) is 37.6 Å². The van der Waals surface area contributed by atoms with E-state index in [9.17, 15) is 0 Å². The van der Waals surface area contributed by atoms with Crippen molar-refractivity contribution >= 4 is 22.8 Å². The van der Waals surface area contributed by atoms with Crippen LogP contribution in [0.1, 0.15) is 33.6 Å². The van der Waals surface area contributed by atoms with E-state index in [-0.39, 0.29) is 0 Å². The molecule has 0 saturated heterocycles. The Hall–Kier alpha value is -2.35. The second-order valence-corrected chi connectivity index (χ2v) is 7.15. The molecule has 0 aliphatic heterocycles. The molecule has 0 radical (unpaired) electrons. The molecule has 0 saturated carbocycles. The topological polar surface area (TPSA) is 24.4 Å². The van der Waals surface area contributed by atoms with Crippen molar-refractivity contribution in [2.75, 3.05) is 5.32 Å². The lowest BCUT2D eigenvalue weighted by molar-refractivity contribution is 0.373. The van der Waals surface area contributed by atoms with E-state index < -0.39 is 0 Å². The van der Waals surface area contributed by atoms with E-state index in [1.54, 1.807) is 0 Å². The van der Waals surface area contributed by atoms with Crippen LogP contribution in [0.3, 0.4) is 0 Å². The summed E-state index contributed by atoms with van der Waals surface area (Å²) in [4.78, 5) is 4.82. The zero-order chi connectivity index (χ0) is 16.3. The van der Waals surface area contributed by atoms with Crippen molar-refractivity contribution in [3.63, 3.8) is 0 Å². The first-order chi connectivity index (χ1) is 11.0. The molecule has 0 bridgehead atoms. The highest BCUT2D eigenvalue weighted by Crippen LogP contribution is 2.34. The van der Waals surface area contributed by atoms with Gasteiger partial charge in [-0.2, -0.15) is 0 Å². The summed E-state index contributed by atoms with van der Waals surface area (Å²) in [6, 6.07) is 18.5. The number of aliphatic imine (C=N–C) groups is 1. The molecule has 2 nitrogen and oxygen atoms in total. The highest BCUT2D eigenvalue weighted by atomic mass is 14.9. The Morgan fingerprint density at radius 3 is 2.17 bits per heavy atom. The van der Waals surface area contributed by atoms with Crippen molar-refractivity contribution in [3.05, 3.63) is 66.2 Å². The van der Waals surface area contributed by atoms with Gasteiger partial charge in [-0.15, -0.1) is 0 Å². The molecule has 3 rings (SSSR count). The maximum absolute atomic E-state index is 4.82. The quantitative estimate of drug-likeness (QED) is 0.710. The van der Waals surface area contributed by atoms with E-state index in [4.69, 9.17) is 4.99 Å². The fraction of sp³-hybridized carbons (Fsp3) is 0.286. The molecule has 0 fully saturated rings. The van der Waals surface area contributed by atoms with E-state index in [1.165, 1.54) is 11.3 Å². The third-order valence-electron chi connectivity index (χ3n) is 4.03. The van der Waals surface area contributed by atoms with Gasteiger partial charge in [-0.05, 0) is 67.7 Å². The number of nitrogens with zero attached hydrogens (tertiary/aromatic N) is 1. The molecule has 1 N–H and O–H groups in total. The predicted octanol–water partition coefficient (Wildman–Crippen LogP) is 6.27. The predicted molar refractivity (Wildman–Crippen MR) is 100 cm³/mol. The van der Waals surface area contributed by atoms with Crippen LogP contribution in [0.5, 0.6) is 0 Å². The third-order valence-corrected chi connectivity index (χ3v) is 4.03. The maximum atomic E-state index is 4.82. The van der Waals surface area contributed by atoms with Crippen LogP contribution in [-0.2, 0) is 0 Å². The van der Waals surface area contributed by atoms with E-state index in [0.717, 1.165) is 29.9 Å². The monoisotopic (exact) mass is 304 g/mol. The Balaban J connectivity index is 1.75. The summed E-state index contributed by atoms with van der Waals surface area (Å²) in [6.45, 7) is 6.82. The molecular formula is C21H24N2. The molecule has 0 spiro atoms. The first kappa shape index (κ1) is 15.5. The Morgan fingerprint density at radius 1 is 0.870 bits per heavy atom. The van der Waals surface area contributed by atoms with Gasteiger partial charge in [0.05, 0.1) is 5.69 Å². The van der Waals surface area contributed by atoms with Crippen molar-refractivity contribution in [2.45, 2.75) is 33.6 Å². The number of benzene rings is 2. The Bertz CT molecular complexity index is 722. The number of hydrogen-bond donors (Lipinski definition) is 1. The van der Waals surface area contributed by atoms with E-state index in [1.807, 2.05) is 18.2 Å². The molecule has 1 aliphatic rings. The Labute approximate surface area is 139 Å². The third kappa shape index (κ3) is 4.32. The summed E-state index contributed by atoms with van der Waals surface area (Å²) in [7, 11) is 0. The molecule has 2 heteroatoms. The van der Waals surface area contributed by atoms with Crippen molar-refractivity contribution in [1.82, 2.24) is 0 Å². The molecule has 0 unspecified atom stereocenters. The maximum Gasteiger partial charge on any atom is 0.0634 e. The SMILES string of the molecule is CC1=C/C(=N\c2ccc(Nc3ccccc3)cc2)CC(C)(C)C1. The summed E-state index contributed by atoms with van der Waals surface area (Å²) in [5.41, 5.74) is 6.10. The van der Waals surface area contributed by atoms with Gasteiger partial charge in [0.2, 0.25) is 0 Å². The van der Waals surface area contributed by atoms with Crippen molar-refractivity contribution in [2.24, 2.45) is 10.4 Å². The summed E-state index contributed by atoms with van der Waals surface area (Å²) < 4.78 is 0. The van der Waals surface area contributed by atoms with E-state index >= 15 is 0 Å². The van der Waals surface area contributed by atoms with E-state index in [0.29, 0.717) is 5.41 Å². The standard InChI is InChI=1S/C21H24N2/c1-16-13-20(15-21(2,3)14-16)23-19-11-9-18(10-12-19)22-17-7-5-4-6-8-17/h4-13,22H,14-15H2,1-3H3/b23-20+. The molecule has 0 aromatic heterocycles. The summed E-state index contributed by atoms with van der Waals surface area (Å²) in [6.07, 6.45) is 4.43. The van der Waals surface area contributed by atoms with Crippen LogP contribution in [0.4, 0.5) is 17.1 Å². The molecule has 0 atom stereocenters. The van der Waals surface area contributed by atoms with Crippen LogP contribution in [0.15, 0.2) is 71.2 Å². The number of para-hydroxylation sites is 1. The van der Waals surface area contributed by atoms with Crippen LogP contribution in [-0.4, -0.2) is 5.71 Å². The molecule has 118 valence electrons. The van der Waals surface area contributed by atoms with Gasteiger partial charge in [-0.3, -0.25) is 4.99 Å². The number of allylic oxidation sites excluding steroid dienone is 2. The number of nitrogens with one attached hydrogen (secondary N) is 1. The molecule has 2 aromatic rings. The summed E-state index contributed by atoms with van der Waals surface area (Å²) in [5.74, 6) is 0. The van der Waals surface area contributed by atoms with Crippen LogP contribution in [0.25, 0.3) is 0 Å². The van der Waals surface area contributed by atoms with Crippen LogP contribution in [0, 0.1) is 5.41 Å². The van der Waals surface area contributed by atoms with Crippen molar-refractivity contribution in [3.8, 4) is 0 Å². The second-order valence-electron chi connectivity index (χ2n) is 7.15. The number of rotatable bonds is 3. The van der Waals surface area contributed by atoms with Gasteiger partial charge in [0.15, 0.2) is 0 Å². The number of hydrogen-bond acceptors (Lipinski definition) is 2. The van der Waals surface area contributed by atoms with Gasteiger partial charge < -0.3 is 5.32 Å². The Kier molecular flexibility index (Phi) is 4.33. The molecule has 0 heterocycles. The average Bonchev–Trinajstić information content (AvgIpc) is 2.48. The minimum atomic E-state index is 0.312. The first-order valence-electron chi connectivity index (χ1n) is 8.17. The summed E-state index contributed by atoms with van der Waals surface area (Å²) in [5, 5.41) is 3.39. The minimum Gasteiger partial charge on any atom is -0.356 e. The van der Waals surface area contributed by atoms with Gasteiger partial charge in [0, 0.05) is 17.1 Å². The van der Waals surface area contributed by atoms with E-state index in [2.05, 4.69) is 68.6 Å². The largest absolute Gasteiger partial charge is 0.356 e. The van der Waals surface area contributed by atoms with Gasteiger partial charge in [-0.25, -0.2) is 0 Å². The fourth-order valence-corrected chi connectivity index (χ4v) is 3.24. The molecule has 2 aromatic carbocycles. The smallest absolute Gasteiger partial charge is 0.0634 e. The summed E-state index contributed by atoms with van der Waals surface area (Å²) >= 11 is 0. The van der Waals surface area contributed by atoms with Crippen LogP contribution >= 0.6 is 0 Å². The van der Waals surface area contributed by atoms with Crippen molar-refractivity contribution < 1.29 is 0 Å². The van der Waals surface area contributed by atoms with Crippen LogP contribution < -0.4 is 5.32 Å². The van der Waals surface area contributed by atoms with Crippen LogP contribution in [0.2, 0.25) is 0 Å². The molecular weight excluding hydrogens is 280 g/mol. The van der Waals surface area contributed by atoms with Gasteiger partial charge in [0.1, 0.15) is 0 Å². The average molecular weight is 304 g/mol. The zero-order valence-electron chi connectivity index (χ0n) is 14.1. The minimum absolute atomic E-state index is 0.312. The molecule has 1 aliphatic carbocycles. The van der Waals surface area contributed by atoms with Gasteiger partial charge >= 0.3 is 0 Å². The highest BCUT2D eigenvalue weighted by Gasteiger charge is 2.24. The first-order valence-corrected chi connectivity index (χ1v) is 8.17. The molecule has 0 amide bonds.